The van der Waals surface area contributed by atoms with Crippen LogP contribution in [0.5, 0.6) is 5.75 Å². The molecule has 2 fully saturated rings. The van der Waals surface area contributed by atoms with Gasteiger partial charge >= 0.3 is 5.97 Å². The first-order valence-corrected chi connectivity index (χ1v) is 21.6. The molecule has 13 nitrogen and oxygen atoms in total. The number of halogens is 1. The van der Waals surface area contributed by atoms with Crippen LogP contribution in [0, 0.1) is 20.8 Å². The van der Waals surface area contributed by atoms with Gasteiger partial charge in [-0.05, 0) is 62.4 Å². The van der Waals surface area contributed by atoms with Crippen molar-refractivity contribution in [2.45, 2.75) is 58.2 Å². The summed E-state index contributed by atoms with van der Waals surface area (Å²) in [6.07, 6.45) is 1.13. The van der Waals surface area contributed by atoms with Gasteiger partial charge in [0, 0.05) is 69.1 Å². The van der Waals surface area contributed by atoms with Crippen molar-refractivity contribution < 1.29 is 24.2 Å². The molecule has 3 aliphatic heterocycles. The molecule has 9 rings (SSSR count). The molecule has 2 saturated heterocycles. The third-order valence-electron chi connectivity index (χ3n) is 11.5. The lowest BCUT2D eigenvalue weighted by Gasteiger charge is -2.34. The number of likely N-dealkylation sites (tertiary alicyclic amines) is 2. The molecule has 59 heavy (non-hydrogen) atoms. The second-order valence-corrected chi connectivity index (χ2v) is 17.7. The lowest BCUT2D eigenvalue weighted by molar-refractivity contribution is -0.137. The molecule has 302 valence electrons. The SMILES string of the molecule is Cc1sc2c(c1C)C(c1ccc(Cl)cc1)=N[C@@H](CC(=O)N1C[C@@H]3C[C@H]1CN3CCOc1cccc3ccc(-c4nc(CC(=O)NCC(=O)O)cs4)cc13)c1nnc(C)n1-2. The summed E-state index contributed by atoms with van der Waals surface area (Å²) < 4.78 is 8.51. The van der Waals surface area contributed by atoms with Crippen molar-refractivity contribution in [3.05, 3.63) is 110 Å². The summed E-state index contributed by atoms with van der Waals surface area (Å²) in [5, 5.41) is 26.5. The molecule has 2 amide bonds. The smallest absolute Gasteiger partial charge is 0.322 e. The topological polar surface area (TPSA) is 155 Å². The monoisotopic (exact) mass is 848 g/mol. The Morgan fingerprint density at radius 1 is 1.00 bits per heavy atom. The summed E-state index contributed by atoms with van der Waals surface area (Å²) in [5.74, 6) is 0.819. The second kappa shape index (κ2) is 15.9. The molecule has 6 heterocycles. The van der Waals surface area contributed by atoms with E-state index in [1.807, 2.05) is 71.8 Å². The number of thiophene rings is 1. The van der Waals surface area contributed by atoms with Crippen molar-refractivity contribution in [3.63, 3.8) is 0 Å². The number of carbonyl (C=O) groups excluding carboxylic acids is 2. The van der Waals surface area contributed by atoms with E-state index in [1.54, 1.807) is 11.3 Å². The molecule has 6 aromatic rings. The maximum Gasteiger partial charge on any atom is 0.322 e. The largest absolute Gasteiger partial charge is 0.492 e. The van der Waals surface area contributed by atoms with Crippen LogP contribution in [0.4, 0.5) is 0 Å². The summed E-state index contributed by atoms with van der Waals surface area (Å²) >= 11 is 9.42. The molecule has 0 aliphatic carbocycles. The average molecular weight is 849 g/mol. The number of aliphatic imine (C=N–C) groups is 1. The van der Waals surface area contributed by atoms with Gasteiger partial charge in [0.05, 0.1) is 24.2 Å². The lowest BCUT2D eigenvalue weighted by atomic mass is 9.99. The van der Waals surface area contributed by atoms with Crippen LogP contribution in [0.2, 0.25) is 5.02 Å². The normalized spacial score (nSPS) is 18.4. The van der Waals surface area contributed by atoms with Gasteiger partial charge in [-0.25, -0.2) is 4.98 Å². The van der Waals surface area contributed by atoms with Crippen LogP contribution in [-0.2, 0) is 20.8 Å². The summed E-state index contributed by atoms with van der Waals surface area (Å²) in [4.78, 5) is 52.8. The second-order valence-electron chi connectivity index (χ2n) is 15.2. The van der Waals surface area contributed by atoms with Gasteiger partial charge in [0.15, 0.2) is 5.82 Å². The first-order chi connectivity index (χ1) is 28.5. The first kappa shape index (κ1) is 39.0. The minimum Gasteiger partial charge on any atom is -0.492 e. The number of carboxylic acids is 1. The number of carbonyl (C=O) groups is 3. The minimum atomic E-state index is -1.09. The van der Waals surface area contributed by atoms with Crippen molar-refractivity contribution in [1.82, 2.24) is 34.9 Å². The van der Waals surface area contributed by atoms with E-state index < -0.39 is 18.6 Å². The number of nitrogens with zero attached hydrogens (tertiary/aromatic N) is 7. The molecule has 2 bridgehead atoms. The number of rotatable bonds is 12. The molecule has 0 spiro atoms. The zero-order chi connectivity index (χ0) is 40.9. The number of aliphatic carboxylic acids is 1. The van der Waals surface area contributed by atoms with Crippen LogP contribution in [0.25, 0.3) is 26.3 Å². The van der Waals surface area contributed by atoms with E-state index in [9.17, 15) is 14.4 Å². The zero-order valence-electron chi connectivity index (χ0n) is 32.6. The Bertz CT molecular complexity index is 2650. The minimum absolute atomic E-state index is 0.0106. The molecule has 3 aromatic heterocycles. The number of aryl methyl sites for hydroxylation is 2. The maximum absolute atomic E-state index is 14.2. The third-order valence-corrected chi connectivity index (χ3v) is 13.8. The van der Waals surface area contributed by atoms with E-state index in [4.69, 9.17) is 26.4 Å². The standard InChI is InChI=1S/C43H41ClN8O5S2/c1-23-24(2)59-43-39(23)40(27-9-11-29(44)12-10-27)47-34(41-49-48-25(3)52(41)43)18-37(54)51-21-31-17-32(51)20-50(31)13-14-57-35-6-4-5-26-7-8-28(15-33(26)35)42-46-30(22-58-42)16-36(53)45-19-38(55)56/h4-12,15,22,31-32,34H,13-14,16-21H2,1-3H3,(H,45,53)(H,55,56)/t31-,32-,34-/m0/s1. The van der Waals surface area contributed by atoms with E-state index in [-0.39, 0.29) is 36.7 Å². The number of carboxylic acid groups (broad SMARTS) is 1. The highest BCUT2D eigenvalue weighted by atomic mass is 35.5. The third kappa shape index (κ3) is 7.63. The van der Waals surface area contributed by atoms with Crippen LogP contribution in [0.3, 0.4) is 0 Å². The number of aromatic nitrogens is 4. The number of nitrogens with one attached hydrogen (secondary N) is 1. The fourth-order valence-electron chi connectivity index (χ4n) is 8.44. The van der Waals surface area contributed by atoms with Gasteiger partial charge in [0.25, 0.3) is 0 Å². The van der Waals surface area contributed by atoms with Gasteiger partial charge in [-0.3, -0.25) is 28.8 Å². The Hall–Kier alpha value is -5.48. The molecule has 0 unspecified atom stereocenters. The zero-order valence-corrected chi connectivity index (χ0v) is 35.0. The lowest BCUT2D eigenvalue weighted by Crippen LogP contribution is -2.49. The Morgan fingerprint density at radius 2 is 1.81 bits per heavy atom. The van der Waals surface area contributed by atoms with Gasteiger partial charge in [0.2, 0.25) is 11.8 Å². The molecule has 0 saturated carbocycles. The maximum atomic E-state index is 14.2. The van der Waals surface area contributed by atoms with Crippen molar-refractivity contribution in [2.24, 2.45) is 4.99 Å². The van der Waals surface area contributed by atoms with Gasteiger partial charge < -0.3 is 20.1 Å². The van der Waals surface area contributed by atoms with Gasteiger partial charge in [-0.15, -0.1) is 32.9 Å². The Balaban J connectivity index is 0.854. The Labute approximate surface area is 353 Å². The van der Waals surface area contributed by atoms with E-state index in [1.165, 1.54) is 16.2 Å². The van der Waals surface area contributed by atoms with Gasteiger partial charge in [0.1, 0.15) is 40.8 Å². The number of hydrogen-bond donors (Lipinski definition) is 2. The predicted molar refractivity (Wildman–Crippen MR) is 228 cm³/mol. The van der Waals surface area contributed by atoms with Crippen LogP contribution in [0.1, 0.15) is 57.8 Å². The fourth-order valence-corrected chi connectivity index (χ4v) is 10.6. The highest BCUT2D eigenvalue weighted by Crippen LogP contribution is 2.41. The Kier molecular flexibility index (Phi) is 10.5. The number of benzene rings is 3. The highest BCUT2D eigenvalue weighted by molar-refractivity contribution is 7.15. The average Bonchev–Trinajstić information content (AvgIpc) is 4.06. The van der Waals surface area contributed by atoms with E-state index >= 15 is 0 Å². The molecule has 3 aliphatic rings. The summed E-state index contributed by atoms with van der Waals surface area (Å²) in [6, 6.07) is 19.7. The molecule has 3 atom stereocenters. The van der Waals surface area contributed by atoms with Gasteiger partial charge in [-0.2, -0.15) is 0 Å². The van der Waals surface area contributed by atoms with Crippen molar-refractivity contribution >= 4 is 68.5 Å². The molecule has 0 radical (unpaired) electrons. The first-order valence-electron chi connectivity index (χ1n) is 19.5. The van der Waals surface area contributed by atoms with Crippen LogP contribution < -0.4 is 10.1 Å². The van der Waals surface area contributed by atoms with Crippen LogP contribution >= 0.6 is 34.3 Å². The van der Waals surface area contributed by atoms with Crippen molar-refractivity contribution in [1.29, 1.82) is 0 Å². The number of thiazole rings is 1. The molecular weight excluding hydrogens is 808 g/mol. The van der Waals surface area contributed by atoms with Crippen LogP contribution in [0.15, 0.2) is 71.0 Å². The highest BCUT2D eigenvalue weighted by Gasteiger charge is 2.45. The summed E-state index contributed by atoms with van der Waals surface area (Å²) in [7, 11) is 0. The molecule has 3 aromatic carbocycles. The number of amides is 2. The van der Waals surface area contributed by atoms with E-state index in [0.29, 0.717) is 29.7 Å². The molecule has 2 N–H and O–H groups in total. The number of hydrogen-bond acceptors (Lipinski definition) is 11. The quantitative estimate of drug-likeness (QED) is 0.139. The van der Waals surface area contributed by atoms with Gasteiger partial charge in [-0.1, -0.05) is 48.0 Å². The summed E-state index contributed by atoms with van der Waals surface area (Å²) in [5.41, 5.74) is 5.48. The summed E-state index contributed by atoms with van der Waals surface area (Å²) in [6.45, 7) is 8.45. The van der Waals surface area contributed by atoms with Crippen molar-refractivity contribution in [2.75, 3.05) is 32.8 Å². The number of ether oxygens (including phenoxy) is 1. The predicted octanol–water partition coefficient (Wildman–Crippen LogP) is 6.57. The number of piperazine rings is 1. The molecule has 16 heteroatoms. The van der Waals surface area contributed by atoms with Crippen LogP contribution in [-0.4, -0.2) is 103 Å². The molecular formula is C43H41ClN8O5S2. The fraction of sp³-hybridized carbons (Fsp3) is 0.326. The van der Waals surface area contributed by atoms with E-state index in [2.05, 4.69) is 49.9 Å². The number of fused-ring (bicyclic) bond motifs is 6. The van der Waals surface area contributed by atoms with E-state index in [0.717, 1.165) is 79.8 Å². The Morgan fingerprint density at radius 3 is 2.59 bits per heavy atom. The van der Waals surface area contributed by atoms with Crippen molar-refractivity contribution in [3.8, 4) is 21.3 Å².